The van der Waals surface area contributed by atoms with Gasteiger partial charge in [-0.15, -0.1) is 0 Å². The van der Waals surface area contributed by atoms with Crippen molar-refractivity contribution in [3.63, 3.8) is 0 Å². The second-order valence-corrected chi connectivity index (χ2v) is 3.54. The van der Waals surface area contributed by atoms with Gasteiger partial charge in [0.2, 0.25) is 0 Å². The molecule has 1 aromatic carbocycles. The second-order valence-electron chi connectivity index (χ2n) is 3.54. The van der Waals surface area contributed by atoms with Crippen LogP contribution in [0.15, 0.2) is 40.8 Å². The summed E-state index contributed by atoms with van der Waals surface area (Å²) < 4.78 is 4.76. The lowest BCUT2D eigenvalue weighted by Crippen LogP contribution is -2.10. The maximum Gasteiger partial charge on any atom is 0.433 e. The number of nitro groups is 1. The fourth-order valence-corrected chi connectivity index (χ4v) is 1.41. The number of nitrogens with zero attached hydrogens (tertiary/aromatic N) is 2. The van der Waals surface area contributed by atoms with Crippen molar-refractivity contribution in [2.24, 2.45) is 0 Å². The Morgan fingerprint density at radius 2 is 2.16 bits per heavy atom. The van der Waals surface area contributed by atoms with E-state index in [9.17, 15) is 14.9 Å². The van der Waals surface area contributed by atoms with E-state index in [4.69, 9.17) is 9.68 Å². The number of hydrogen-bond acceptors (Lipinski definition) is 5. The molecule has 94 valence electrons. The van der Waals surface area contributed by atoms with Crippen LogP contribution in [0.3, 0.4) is 0 Å². The molecule has 0 aliphatic carbocycles. The van der Waals surface area contributed by atoms with E-state index in [2.05, 4.69) is 5.32 Å². The predicted octanol–water partition coefficient (Wildman–Crippen LogP) is 2.31. The molecular formula is C12H7N3O4. The third-order valence-electron chi connectivity index (χ3n) is 2.25. The summed E-state index contributed by atoms with van der Waals surface area (Å²) in [4.78, 5) is 21.4. The average molecular weight is 257 g/mol. The molecule has 0 bridgehead atoms. The molecule has 1 heterocycles. The molecule has 0 saturated heterocycles. The predicted molar refractivity (Wildman–Crippen MR) is 64.5 cm³/mol. The van der Waals surface area contributed by atoms with E-state index in [-0.39, 0.29) is 5.76 Å². The van der Waals surface area contributed by atoms with Gasteiger partial charge in [-0.05, 0) is 24.3 Å². The third kappa shape index (κ3) is 2.76. The Hall–Kier alpha value is -3.14. The molecule has 0 radical (unpaired) electrons. The number of anilines is 1. The molecule has 19 heavy (non-hydrogen) atoms. The van der Waals surface area contributed by atoms with E-state index in [0.29, 0.717) is 11.3 Å². The lowest BCUT2D eigenvalue weighted by molar-refractivity contribution is -0.402. The monoisotopic (exact) mass is 257 g/mol. The fourth-order valence-electron chi connectivity index (χ4n) is 1.41. The summed E-state index contributed by atoms with van der Waals surface area (Å²) in [6.45, 7) is 0. The van der Waals surface area contributed by atoms with Crippen LogP contribution in [0.25, 0.3) is 0 Å². The van der Waals surface area contributed by atoms with Crippen molar-refractivity contribution in [1.29, 1.82) is 5.26 Å². The van der Waals surface area contributed by atoms with Gasteiger partial charge < -0.3 is 9.73 Å². The maximum atomic E-state index is 11.7. The number of rotatable bonds is 3. The molecule has 1 amide bonds. The summed E-state index contributed by atoms with van der Waals surface area (Å²) in [7, 11) is 0. The van der Waals surface area contributed by atoms with Gasteiger partial charge >= 0.3 is 5.88 Å². The van der Waals surface area contributed by atoms with Crippen LogP contribution in [0, 0.1) is 21.4 Å². The summed E-state index contributed by atoms with van der Waals surface area (Å²) in [6.07, 6.45) is 0. The summed E-state index contributed by atoms with van der Waals surface area (Å²) in [5.74, 6) is -1.30. The Kier molecular flexibility index (Phi) is 3.25. The summed E-state index contributed by atoms with van der Waals surface area (Å²) in [5, 5.41) is 21.6. The van der Waals surface area contributed by atoms with Crippen LogP contribution in [0.5, 0.6) is 0 Å². The Labute approximate surface area is 107 Å². The van der Waals surface area contributed by atoms with Gasteiger partial charge in [-0.25, -0.2) is 0 Å². The molecule has 7 heteroatoms. The number of carbonyl (C=O) groups is 1. The lowest BCUT2D eigenvalue weighted by Gasteiger charge is -2.02. The number of carbonyl (C=O) groups excluding carboxylic acids is 1. The van der Waals surface area contributed by atoms with Gasteiger partial charge in [0.25, 0.3) is 5.91 Å². The molecule has 0 aliphatic heterocycles. The summed E-state index contributed by atoms with van der Waals surface area (Å²) in [6, 6.07) is 10.5. The number of furan rings is 1. The number of hydrogen-bond donors (Lipinski definition) is 1. The van der Waals surface area contributed by atoms with Crippen molar-refractivity contribution in [3.8, 4) is 6.07 Å². The topological polar surface area (TPSA) is 109 Å². The first-order valence-corrected chi connectivity index (χ1v) is 5.16. The van der Waals surface area contributed by atoms with Crippen LogP contribution in [0.2, 0.25) is 0 Å². The Morgan fingerprint density at radius 1 is 1.37 bits per heavy atom. The molecule has 0 fully saturated rings. The van der Waals surface area contributed by atoms with Gasteiger partial charge in [-0.2, -0.15) is 5.26 Å². The van der Waals surface area contributed by atoms with Crippen LogP contribution in [-0.4, -0.2) is 10.8 Å². The molecule has 2 aromatic rings. The largest absolute Gasteiger partial charge is 0.433 e. The minimum Gasteiger partial charge on any atom is -0.395 e. The highest BCUT2D eigenvalue weighted by Gasteiger charge is 2.17. The maximum absolute atomic E-state index is 11.7. The van der Waals surface area contributed by atoms with E-state index in [1.807, 2.05) is 6.07 Å². The zero-order chi connectivity index (χ0) is 13.8. The molecule has 0 aliphatic rings. The van der Waals surface area contributed by atoms with Crippen molar-refractivity contribution < 1.29 is 14.1 Å². The summed E-state index contributed by atoms with van der Waals surface area (Å²) >= 11 is 0. The van der Waals surface area contributed by atoms with E-state index >= 15 is 0 Å². The van der Waals surface area contributed by atoms with Crippen molar-refractivity contribution in [1.82, 2.24) is 0 Å². The Morgan fingerprint density at radius 3 is 2.79 bits per heavy atom. The van der Waals surface area contributed by atoms with Gasteiger partial charge in [-0.1, -0.05) is 6.07 Å². The van der Waals surface area contributed by atoms with Crippen molar-refractivity contribution in [3.05, 3.63) is 57.8 Å². The van der Waals surface area contributed by atoms with E-state index in [0.717, 1.165) is 6.07 Å². The average Bonchev–Trinajstić information content (AvgIpc) is 2.89. The fraction of sp³-hybridized carbons (Fsp3) is 0. The van der Waals surface area contributed by atoms with Crippen molar-refractivity contribution in [2.45, 2.75) is 0 Å². The van der Waals surface area contributed by atoms with Gasteiger partial charge in [0.15, 0.2) is 5.76 Å². The zero-order valence-corrected chi connectivity index (χ0v) is 9.49. The van der Waals surface area contributed by atoms with Gasteiger partial charge in [-0.3, -0.25) is 14.9 Å². The van der Waals surface area contributed by atoms with Gasteiger partial charge in [0, 0.05) is 5.69 Å². The normalized spacial score (nSPS) is 9.63. The molecule has 0 unspecified atom stereocenters. The number of nitrogens with one attached hydrogen (secondary N) is 1. The molecule has 2 rings (SSSR count). The smallest absolute Gasteiger partial charge is 0.395 e. The molecular weight excluding hydrogens is 250 g/mol. The molecule has 0 saturated carbocycles. The quantitative estimate of drug-likeness (QED) is 0.670. The Balaban J connectivity index is 2.16. The summed E-state index contributed by atoms with van der Waals surface area (Å²) in [5.41, 5.74) is 0.798. The highest BCUT2D eigenvalue weighted by atomic mass is 16.6. The first kappa shape index (κ1) is 12.3. The minimum absolute atomic E-state index is 0.172. The third-order valence-corrected chi connectivity index (χ3v) is 2.25. The highest BCUT2D eigenvalue weighted by molar-refractivity contribution is 6.02. The number of nitriles is 1. The van der Waals surface area contributed by atoms with E-state index < -0.39 is 16.7 Å². The van der Waals surface area contributed by atoms with Crippen LogP contribution in [0.1, 0.15) is 16.1 Å². The van der Waals surface area contributed by atoms with Gasteiger partial charge in [0.1, 0.15) is 4.92 Å². The van der Waals surface area contributed by atoms with Crippen LogP contribution in [0.4, 0.5) is 11.6 Å². The lowest BCUT2D eigenvalue weighted by atomic mass is 10.2. The van der Waals surface area contributed by atoms with Crippen LogP contribution in [-0.2, 0) is 0 Å². The van der Waals surface area contributed by atoms with Gasteiger partial charge in [0.05, 0.1) is 17.7 Å². The zero-order valence-electron chi connectivity index (χ0n) is 9.49. The minimum atomic E-state index is -0.729. The molecule has 0 spiro atoms. The van der Waals surface area contributed by atoms with Crippen molar-refractivity contribution in [2.75, 3.05) is 5.32 Å². The molecule has 1 aromatic heterocycles. The molecule has 0 atom stereocenters. The SMILES string of the molecule is N#Cc1cccc(NC(=O)c2ccc([N+](=O)[O-])o2)c1. The first-order valence-electron chi connectivity index (χ1n) is 5.16. The first-order chi connectivity index (χ1) is 9.10. The standard InChI is InChI=1S/C12H7N3O4/c13-7-8-2-1-3-9(6-8)14-12(16)10-4-5-11(19-10)15(17)18/h1-6H,(H,14,16). The van der Waals surface area contributed by atoms with Crippen LogP contribution >= 0.6 is 0 Å². The van der Waals surface area contributed by atoms with E-state index in [1.54, 1.807) is 18.2 Å². The number of amides is 1. The molecule has 7 nitrogen and oxygen atoms in total. The van der Waals surface area contributed by atoms with E-state index in [1.165, 1.54) is 12.1 Å². The molecule has 1 N–H and O–H groups in total. The van der Waals surface area contributed by atoms with Crippen LogP contribution < -0.4 is 5.32 Å². The van der Waals surface area contributed by atoms with Crippen molar-refractivity contribution >= 4 is 17.5 Å². The second kappa shape index (κ2) is 5.01. The Bertz CT molecular complexity index is 684. The number of benzene rings is 1. The highest BCUT2D eigenvalue weighted by Crippen LogP contribution is 2.17.